The fraction of sp³-hybridized carbons (Fsp3) is 0.792. The number of thioether (sulfide) groups is 1. The standard InChI is InChI=1S/C24H38N2O5S/c1-8-11-25(22(4,5)6)20(29)18-24-10-9-23(7,32-24)17(21(30)31)16(24)19(28)26(18)15(13-27)12-14(2)3/h8,14-18,27H,1,9-13H2,2-7H3,(H,30,31)/t15-,16+,17-,18?,23+,24?/m1/s1. The van der Waals surface area contributed by atoms with E-state index in [1.54, 1.807) is 15.9 Å². The summed E-state index contributed by atoms with van der Waals surface area (Å²) < 4.78 is -1.37. The Bertz CT molecular complexity index is 809. The molecule has 7 nitrogen and oxygen atoms in total. The van der Waals surface area contributed by atoms with Crippen molar-refractivity contribution >= 4 is 29.5 Å². The molecule has 6 atom stereocenters. The van der Waals surface area contributed by atoms with Crippen LogP contribution in [0.15, 0.2) is 12.7 Å². The van der Waals surface area contributed by atoms with Gasteiger partial charge in [-0.05, 0) is 52.9 Å². The van der Waals surface area contributed by atoms with Gasteiger partial charge in [0.1, 0.15) is 6.04 Å². The summed E-state index contributed by atoms with van der Waals surface area (Å²) in [5.41, 5.74) is -0.501. The first kappa shape index (κ1) is 25.1. The SMILES string of the molecule is C=CCN(C(=O)C1N([C@@H](CO)CC(C)C)C(=O)[C@@H]2[C@H](C(=O)O)[C@]3(C)CCC12S3)C(C)(C)C. The van der Waals surface area contributed by atoms with Crippen LogP contribution in [0.1, 0.15) is 60.8 Å². The highest BCUT2D eigenvalue weighted by Gasteiger charge is 2.78. The van der Waals surface area contributed by atoms with Crippen molar-refractivity contribution in [1.29, 1.82) is 0 Å². The topological polar surface area (TPSA) is 98.2 Å². The molecule has 0 aromatic heterocycles. The summed E-state index contributed by atoms with van der Waals surface area (Å²) in [5, 5.41) is 20.3. The number of likely N-dealkylation sites (tertiary alicyclic amines) is 1. The zero-order valence-electron chi connectivity index (χ0n) is 20.1. The smallest absolute Gasteiger partial charge is 0.308 e. The molecular formula is C24H38N2O5S. The minimum atomic E-state index is -0.976. The van der Waals surface area contributed by atoms with Gasteiger partial charge in [0, 0.05) is 16.8 Å². The molecule has 2 bridgehead atoms. The zero-order valence-corrected chi connectivity index (χ0v) is 20.9. The van der Waals surface area contributed by atoms with Gasteiger partial charge in [0.05, 0.1) is 29.2 Å². The Morgan fingerprint density at radius 2 is 1.97 bits per heavy atom. The van der Waals surface area contributed by atoms with Gasteiger partial charge in [-0.15, -0.1) is 18.3 Å². The molecule has 0 aromatic rings. The molecule has 0 saturated carbocycles. The van der Waals surface area contributed by atoms with E-state index >= 15 is 0 Å². The van der Waals surface area contributed by atoms with Gasteiger partial charge in [-0.3, -0.25) is 14.4 Å². The number of amides is 2. The monoisotopic (exact) mass is 466 g/mol. The van der Waals surface area contributed by atoms with Crippen molar-refractivity contribution in [1.82, 2.24) is 9.80 Å². The first-order valence-corrected chi connectivity index (χ1v) is 12.3. The number of aliphatic hydroxyl groups excluding tert-OH is 1. The van der Waals surface area contributed by atoms with Crippen molar-refractivity contribution in [2.24, 2.45) is 17.8 Å². The molecule has 3 heterocycles. The van der Waals surface area contributed by atoms with Gasteiger partial charge in [-0.25, -0.2) is 0 Å². The first-order chi connectivity index (χ1) is 14.7. The minimum absolute atomic E-state index is 0.182. The first-order valence-electron chi connectivity index (χ1n) is 11.5. The Hall–Kier alpha value is -1.54. The van der Waals surface area contributed by atoms with Crippen LogP contribution in [-0.4, -0.2) is 78.1 Å². The van der Waals surface area contributed by atoms with Gasteiger partial charge in [-0.2, -0.15) is 0 Å². The van der Waals surface area contributed by atoms with Crippen LogP contribution in [0.25, 0.3) is 0 Å². The van der Waals surface area contributed by atoms with Gasteiger partial charge in [0.15, 0.2) is 0 Å². The van der Waals surface area contributed by atoms with Crippen molar-refractivity contribution in [2.75, 3.05) is 13.2 Å². The summed E-state index contributed by atoms with van der Waals surface area (Å²) in [7, 11) is 0. The molecule has 2 unspecified atom stereocenters. The molecule has 3 aliphatic heterocycles. The third-order valence-electron chi connectivity index (χ3n) is 7.45. The number of carboxylic acid groups (broad SMARTS) is 1. The summed E-state index contributed by atoms with van der Waals surface area (Å²) in [6.07, 6.45) is 3.50. The maximum Gasteiger partial charge on any atom is 0.308 e. The van der Waals surface area contributed by atoms with Crippen LogP contribution in [0, 0.1) is 17.8 Å². The molecule has 2 amide bonds. The van der Waals surface area contributed by atoms with Crippen LogP contribution in [0.2, 0.25) is 0 Å². The molecule has 180 valence electrons. The fourth-order valence-corrected chi connectivity index (χ4v) is 8.53. The number of carboxylic acids is 1. The Kier molecular flexibility index (Phi) is 6.55. The van der Waals surface area contributed by atoms with Crippen LogP contribution in [-0.2, 0) is 14.4 Å². The van der Waals surface area contributed by atoms with Gasteiger partial charge >= 0.3 is 5.97 Å². The molecule has 1 spiro atoms. The predicted octanol–water partition coefficient (Wildman–Crippen LogP) is 2.77. The van der Waals surface area contributed by atoms with Crippen molar-refractivity contribution in [2.45, 2.75) is 87.9 Å². The lowest BCUT2D eigenvalue weighted by molar-refractivity contribution is -0.151. The van der Waals surface area contributed by atoms with Crippen molar-refractivity contribution in [3.8, 4) is 0 Å². The van der Waals surface area contributed by atoms with Gasteiger partial charge in [0.2, 0.25) is 11.8 Å². The fourth-order valence-electron chi connectivity index (χ4n) is 6.20. The molecule has 0 radical (unpaired) electrons. The van der Waals surface area contributed by atoms with E-state index in [9.17, 15) is 24.6 Å². The van der Waals surface area contributed by atoms with E-state index in [-0.39, 0.29) is 24.3 Å². The minimum Gasteiger partial charge on any atom is -0.481 e. The number of hydrogen-bond donors (Lipinski definition) is 2. The molecule has 0 aliphatic carbocycles. The Labute approximate surface area is 195 Å². The molecular weight excluding hydrogens is 428 g/mol. The van der Waals surface area contributed by atoms with Crippen molar-refractivity contribution < 1.29 is 24.6 Å². The third-order valence-corrected chi connectivity index (χ3v) is 9.44. The summed E-state index contributed by atoms with van der Waals surface area (Å²) in [6, 6.07) is -1.32. The maximum atomic E-state index is 14.2. The number of aliphatic hydroxyl groups is 1. The highest BCUT2D eigenvalue weighted by atomic mass is 32.2. The van der Waals surface area contributed by atoms with Gasteiger partial charge < -0.3 is 20.0 Å². The normalized spacial score (nSPS) is 34.7. The third kappa shape index (κ3) is 3.67. The highest BCUT2D eigenvalue weighted by molar-refractivity contribution is 8.02. The van der Waals surface area contributed by atoms with Crippen LogP contribution in [0.5, 0.6) is 0 Å². The molecule has 8 heteroatoms. The number of hydrogen-bond acceptors (Lipinski definition) is 5. The molecule has 0 aromatic carbocycles. The summed E-state index contributed by atoms with van der Waals surface area (Å²) in [4.78, 5) is 43.7. The number of aliphatic carboxylic acids is 1. The summed E-state index contributed by atoms with van der Waals surface area (Å²) in [6.45, 7) is 15.7. The lowest BCUT2D eigenvalue weighted by atomic mass is 9.66. The van der Waals surface area contributed by atoms with E-state index in [4.69, 9.17) is 0 Å². The van der Waals surface area contributed by atoms with E-state index in [0.29, 0.717) is 25.8 Å². The number of carbonyl (C=O) groups is 3. The van der Waals surface area contributed by atoms with Crippen molar-refractivity contribution in [3.63, 3.8) is 0 Å². The zero-order chi connectivity index (χ0) is 24.2. The molecule has 32 heavy (non-hydrogen) atoms. The van der Waals surface area contributed by atoms with Gasteiger partial charge in [0.25, 0.3) is 0 Å². The number of fused-ring (bicyclic) bond motifs is 1. The summed E-state index contributed by atoms with van der Waals surface area (Å²) >= 11 is 1.53. The van der Waals surface area contributed by atoms with Crippen LogP contribution in [0.4, 0.5) is 0 Å². The maximum absolute atomic E-state index is 14.2. The second-order valence-corrected chi connectivity index (χ2v) is 13.1. The van der Waals surface area contributed by atoms with Gasteiger partial charge in [-0.1, -0.05) is 19.9 Å². The number of nitrogens with zero attached hydrogens (tertiary/aromatic N) is 2. The predicted molar refractivity (Wildman–Crippen MR) is 125 cm³/mol. The van der Waals surface area contributed by atoms with E-state index in [0.717, 1.165) is 0 Å². The lowest BCUT2D eigenvalue weighted by Crippen LogP contribution is -2.60. The summed E-state index contributed by atoms with van der Waals surface area (Å²) in [5.74, 6) is -2.84. The second-order valence-electron chi connectivity index (χ2n) is 11.2. The molecule has 2 N–H and O–H groups in total. The van der Waals surface area contributed by atoms with Crippen LogP contribution in [0.3, 0.4) is 0 Å². The Morgan fingerprint density at radius 1 is 1.34 bits per heavy atom. The van der Waals surface area contributed by atoms with Crippen LogP contribution < -0.4 is 0 Å². The number of carbonyl (C=O) groups excluding carboxylic acids is 2. The average Bonchev–Trinajstić information content (AvgIpc) is 3.23. The molecule has 3 saturated heterocycles. The lowest BCUT2D eigenvalue weighted by Gasteiger charge is -2.43. The molecule has 3 rings (SSSR count). The molecule has 3 fully saturated rings. The van der Waals surface area contributed by atoms with Crippen molar-refractivity contribution in [3.05, 3.63) is 12.7 Å². The largest absolute Gasteiger partial charge is 0.481 e. The Balaban J connectivity index is 2.17. The Morgan fingerprint density at radius 3 is 2.44 bits per heavy atom. The van der Waals surface area contributed by atoms with E-state index in [1.807, 2.05) is 41.5 Å². The van der Waals surface area contributed by atoms with Crippen LogP contribution >= 0.6 is 11.8 Å². The average molecular weight is 467 g/mol. The van der Waals surface area contributed by atoms with E-state index in [2.05, 4.69) is 6.58 Å². The van der Waals surface area contributed by atoms with E-state index in [1.165, 1.54) is 11.8 Å². The highest BCUT2D eigenvalue weighted by Crippen LogP contribution is 2.71. The second kappa shape index (κ2) is 8.35. The quantitative estimate of drug-likeness (QED) is 0.534. The van der Waals surface area contributed by atoms with E-state index < -0.39 is 44.9 Å². The number of rotatable bonds is 8. The molecule has 3 aliphatic rings.